The molecular formula is C15H17ClFN3S. The molecule has 0 amide bonds. The Kier molecular flexibility index (Phi) is 4.54. The van der Waals surface area contributed by atoms with Crippen molar-refractivity contribution in [2.24, 2.45) is 0 Å². The Morgan fingerprint density at radius 2 is 2.38 bits per heavy atom. The molecule has 3 rings (SSSR count). The number of nitrogens with zero attached hydrogens (tertiary/aromatic N) is 2. The van der Waals surface area contributed by atoms with E-state index in [-0.39, 0.29) is 16.9 Å². The molecule has 1 aliphatic rings. The summed E-state index contributed by atoms with van der Waals surface area (Å²) in [6, 6.07) is 5.58. The quantitative estimate of drug-likeness (QED) is 0.933. The number of hydrogen-bond acceptors (Lipinski definition) is 4. The van der Waals surface area contributed by atoms with E-state index < -0.39 is 0 Å². The van der Waals surface area contributed by atoms with Gasteiger partial charge in [-0.3, -0.25) is 9.88 Å². The number of halogens is 2. The molecule has 2 heterocycles. The van der Waals surface area contributed by atoms with Gasteiger partial charge in [0.05, 0.1) is 10.5 Å². The Balaban J connectivity index is 1.75. The standard InChI is InChI=1S/C15H17ClFN3S/c1-20-5-4-14(19-8-11-7-18-9-21-11)15(20)10-2-3-12(16)13(17)6-10/h2-3,6-7,9,14-15,19H,4-5,8H2,1H3/t14-,15-/m0/s1. The number of hydrogen-bond donors (Lipinski definition) is 1. The highest BCUT2D eigenvalue weighted by Crippen LogP contribution is 2.32. The van der Waals surface area contributed by atoms with E-state index in [1.54, 1.807) is 23.5 Å². The molecule has 1 aliphatic heterocycles. The summed E-state index contributed by atoms with van der Waals surface area (Å²) in [6.45, 7) is 1.80. The molecule has 112 valence electrons. The number of nitrogens with one attached hydrogen (secondary N) is 1. The third kappa shape index (κ3) is 3.26. The fourth-order valence-corrected chi connectivity index (χ4v) is 3.57. The summed E-state index contributed by atoms with van der Waals surface area (Å²) in [5.74, 6) is -0.351. The molecule has 1 fully saturated rings. The average molecular weight is 326 g/mol. The molecule has 1 aromatic carbocycles. The van der Waals surface area contributed by atoms with Crippen LogP contribution in [0.4, 0.5) is 4.39 Å². The Morgan fingerprint density at radius 1 is 1.52 bits per heavy atom. The maximum atomic E-state index is 13.7. The molecule has 3 nitrogen and oxygen atoms in total. The summed E-state index contributed by atoms with van der Waals surface area (Å²) in [4.78, 5) is 7.56. The molecular weight excluding hydrogens is 309 g/mol. The van der Waals surface area contributed by atoms with Gasteiger partial charge in [0.2, 0.25) is 0 Å². The number of likely N-dealkylation sites (N-methyl/N-ethyl adjacent to an activating group) is 1. The highest BCUT2D eigenvalue weighted by atomic mass is 35.5. The van der Waals surface area contributed by atoms with E-state index >= 15 is 0 Å². The fraction of sp³-hybridized carbons (Fsp3) is 0.400. The van der Waals surface area contributed by atoms with Gasteiger partial charge in [-0.15, -0.1) is 11.3 Å². The number of thiazole rings is 1. The zero-order valence-electron chi connectivity index (χ0n) is 11.7. The molecule has 0 radical (unpaired) electrons. The van der Waals surface area contributed by atoms with Gasteiger partial charge in [-0.25, -0.2) is 4.39 Å². The molecule has 0 unspecified atom stereocenters. The van der Waals surface area contributed by atoms with Crippen LogP contribution < -0.4 is 5.32 Å². The van der Waals surface area contributed by atoms with Crippen LogP contribution in [-0.2, 0) is 6.54 Å². The van der Waals surface area contributed by atoms with E-state index in [0.717, 1.165) is 25.1 Å². The van der Waals surface area contributed by atoms with Crippen LogP contribution in [0, 0.1) is 5.82 Å². The van der Waals surface area contributed by atoms with E-state index in [1.807, 2.05) is 17.8 Å². The van der Waals surface area contributed by atoms with Gasteiger partial charge in [-0.2, -0.15) is 0 Å². The second-order valence-corrected chi connectivity index (χ2v) is 6.72. The number of benzene rings is 1. The molecule has 0 aliphatic carbocycles. The molecule has 6 heteroatoms. The minimum absolute atomic E-state index is 0.171. The number of rotatable bonds is 4. The van der Waals surface area contributed by atoms with Crippen molar-refractivity contribution in [2.75, 3.05) is 13.6 Å². The Bertz CT molecular complexity index is 605. The third-order valence-electron chi connectivity index (χ3n) is 3.96. The van der Waals surface area contributed by atoms with Crippen molar-refractivity contribution in [2.45, 2.75) is 25.0 Å². The highest BCUT2D eigenvalue weighted by Gasteiger charge is 2.33. The monoisotopic (exact) mass is 325 g/mol. The van der Waals surface area contributed by atoms with Crippen LogP contribution in [0.1, 0.15) is 22.9 Å². The van der Waals surface area contributed by atoms with Crippen LogP contribution in [0.2, 0.25) is 5.02 Å². The fourth-order valence-electron chi connectivity index (χ4n) is 2.90. The first-order chi connectivity index (χ1) is 10.1. The molecule has 1 N–H and O–H groups in total. The van der Waals surface area contributed by atoms with Gasteiger partial charge < -0.3 is 5.32 Å². The predicted octanol–water partition coefficient (Wildman–Crippen LogP) is 3.47. The summed E-state index contributed by atoms with van der Waals surface area (Å²) in [7, 11) is 2.07. The summed E-state index contributed by atoms with van der Waals surface area (Å²) < 4.78 is 13.7. The first kappa shape index (κ1) is 14.9. The normalized spacial score (nSPS) is 22.8. The summed E-state index contributed by atoms with van der Waals surface area (Å²) in [5, 5.41) is 3.74. The first-order valence-corrected chi connectivity index (χ1v) is 8.17. The molecule has 1 saturated heterocycles. The van der Waals surface area contributed by atoms with Crippen LogP contribution in [0.25, 0.3) is 0 Å². The lowest BCUT2D eigenvalue weighted by atomic mass is 10.00. The second-order valence-electron chi connectivity index (χ2n) is 5.34. The van der Waals surface area contributed by atoms with Crippen LogP contribution in [0.5, 0.6) is 0 Å². The molecule has 2 aromatic rings. The lowest BCUT2D eigenvalue weighted by Gasteiger charge is -2.26. The molecule has 2 atom stereocenters. The van der Waals surface area contributed by atoms with Crippen molar-refractivity contribution < 1.29 is 4.39 Å². The van der Waals surface area contributed by atoms with Crippen LogP contribution in [0.15, 0.2) is 29.9 Å². The average Bonchev–Trinajstić information content (AvgIpc) is 3.09. The minimum Gasteiger partial charge on any atom is -0.307 e. The SMILES string of the molecule is CN1CC[C@H](NCc2cncs2)[C@@H]1c1ccc(Cl)c(F)c1. The van der Waals surface area contributed by atoms with Gasteiger partial charge in [0.1, 0.15) is 5.82 Å². The smallest absolute Gasteiger partial charge is 0.142 e. The predicted molar refractivity (Wildman–Crippen MR) is 84.1 cm³/mol. The lowest BCUT2D eigenvalue weighted by molar-refractivity contribution is 0.285. The molecule has 1 aromatic heterocycles. The Hall–Kier alpha value is -1.01. The number of aromatic nitrogens is 1. The van der Waals surface area contributed by atoms with Crippen molar-refractivity contribution in [3.8, 4) is 0 Å². The highest BCUT2D eigenvalue weighted by molar-refractivity contribution is 7.09. The third-order valence-corrected chi connectivity index (χ3v) is 5.04. The van der Waals surface area contributed by atoms with E-state index in [4.69, 9.17) is 11.6 Å². The second kappa shape index (κ2) is 6.40. The zero-order valence-corrected chi connectivity index (χ0v) is 13.3. The maximum Gasteiger partial charge on any atom is 0.142 e. The minimum atomic E-state index is -0.351. The molecule has 0 saturated carbocycles. The molecule has 21 heavy (non-hydrogen) atoms. The van der Waals surface area contributed by atoms with Crippen LogP contribution in [-0.4, -0.2) is 29.5 Å². The van der Waals surface area contributed by atoms with E-state index in [1.165, 1.54) is 4.88 Å². The van der Waals surface area contributed by atoms with Gasteiger partial charge in [0.25, 0.3) is 0 Å². The van der Waals surface area contributed by atoms with Gasteiger partial charge in [0.15, 0.2) is 0 Å². The molecule has 0 bridgehead atoms. The Labute approximate surface area is 132 Å². The first-order valence-electron chi connectivity index (χ1n) is 6.91. The van der Waals surface area contributed by atoms with Gasteiger partial charge in [-0.05, 0) is 31.2 Å². The van der Waals surface area contributed by atoms with Gasteiger partial charge >= 0.3 is 0 Å². The lowest BCUT2D eigenvalue weighted by Crippen LogP contribution is -2.34. The van der Waals surface area contributed by atoms with E-state index in [0.29, 0.717) is 6.04 Å². The summed E-state index contributed by atoms with van der Waals surface area (Å²) in [6.07, 6.45) is 2.93. The Morgan fingerprint density at radius 3 is 3.10 bits per heavy atom. The zero-order chi connectivity index (χ0) is 14.8. The molecule has 0 spiro atoms. The topological polar surface area (TPSA) is 28.2 Å². The van der Waals surface area contributed by atoms with Crippen molar-refractivity contribution in [3.63, 3.8) is 0 Å². The summed E-state index contributed by atoms with van der Waals surface area (Å²) in [5.41, 5.74) is 2.81. The van der Waals surface area contributed by atoms with Crippen LogP contribution >= 0.6 is 22.9 Å². The van der Waals surface area contributed by atoms with Crippen molar-refractivity contribution in [3.05, 3.63) is 51.2 Å². The van der Waals surface area contributed by atoms with Gasteiger partial charge in [0, 0.05) is 36.2 Å². The van der Waals surface area contributed by atoms with E-state index in [9.17, 15) is 4.39 Å². The van der Waals surface area contributed by atoms with Crippen molar-refractivity contribution in [1.82, 2.24) is 15.2 Å². The number of likely N-dealkylation sites (tertiary alicyclic amines) is 1. The van der Waals surface area contributed by atoms with Crippen LogP contribution in [0.3, 0.4) is 0 Å². The summed E-state index contributed by atoms with van der Waals surface area (Å²) >= 11 is 7.42. The van der Waals surface area contributed by atoms with Crippen molar-refractivity contribution in [1.29, 1.82) is 0 Å². The maximum absolute atomic E-state index is 13.7. The van der Waals surface area contributed by atoms with E-state index in [2.05, 4.69) is 22.2 Å². The van der Waals surface area contributed by atoms with Crippen molar-refractivity contribution >= 4 is 22.9 Å². The largest absolute Gasteiger partial charge is 0.307 e. The van der Waals surface area contributed by atoms with Gasteiger partial charge in [-0.1, -0.05) is 17.7 Å².